The second-order valence-electron chi connectivity index (χ2n) is 6.45. The predicted molar refractivity (Wildman–Crippen MR) is 83.1 cm³/mol. The maximum Gasteiger partial charge on any atom is 0.411 e. The minimum Gasteiger partial charge on any atom is -0.444 e. The number of aromatic nitrogens is 4. The lowest BCUT2D eigenvalue weighted by molar-refractivity contribution is 0.0108. The van der Waals surface area contributed by atoms with E-state index >= 15 is 0 Å². The zero-order chi connectivity index (χ0) is 16.6. The summed E-state index contributed by atoms with van der Waals surface area (Å²) in [5, 5.41) is 3.20. The van der Waals surface area contributed by atoms with Crippen molar-refractivity contribution in [2.75, 3.05) is 19.6 Å². The monoisotopic (exact) mass is 320 g/mol. The molecule has 9 heteroatoms. The normalized spacial score (nSPS) is 19.1. The van der Waals surface area contributed by atoms with E-state index in [0.717, 1.165) is 0 Å². The standard InChI is InChI=1S/C14H20N6O3/c1-14(2,3)23-13(22)20-5-4-15-6-8(20)10-18-11-9(12(21)19-10)16-7-17-11/h7-8,15H,4-6H2,1-3H3,(H2,16,17,18,19,21). The Kier molecular flexibility index (Phi) is 3.80. The Balaban J connectivity index is 1.93. The number of hydrogen-bond acceptors (Lipinski definition) is 6. The van der Waals surface area contributed by atoms with E-state index in [1.165, 1.54) is 6.33 Å². The molecule has 124 valence electrons. The molecule has 0 spiro atoms. The van der Waals surface area contributed by atoms with Gasteiger partial charge in [-0.25, -0.2) is 14.8 Å². The first kappa shape index (κ1) is 15.5. The molecule has 1 atom stereocenters. The van der Waals surface area contributed by atoms with E-state index in [1.807, 2.05) is 20.8 Å². The molecular formula is C14H20N6O3. The van der Waals surface area contributed by atoms with Gasteiger partial charge in [-0.15, -0.1) is 0 Å². The van der Waals surface area contributed by atoms with Crippen molar-refractivity contribution in [3.8, 4) is 0 Å². The molecule has 3 N–H and O–H groups in total. The highest BCUT2D eigenvalue weighted by molar-refractivity contribution is 5.70. The molecule has 1 aliphatic heterocycles. The summed E-state index contributed by atoms with van der Waals surface area (Å²) < 4.78 is 5.45. The van der Waals surface area contributed by atoms with Gasteiger partial charge >= 0.3 is 6.09 Å². The molecule has 0 bridgehead atoms. The summed E-state index contributed by atoms with van der Waals surface area (Å²) >= 11 is 0. The second kappa shape index (κ2) is 5.65. The summed E-state index contributed by atoms with van der Waals surface area (Å²) in [4.78, 5) is 40.0. The number of ether oxygens (including phenoxy) is 1. The number of aromatic amines is 2. The molecule has 9 nitrogen and oxygen atoms in total. The number of carbonyl (C=O) groups is 1. The first-order valence-corrected chi connectivity index (χ1v) is 7.49. The van der Waals surface area contributed by atoms with Gasteiger partial charge in [-0.05, 0) is 20.8 Å². The minimum absolute atomic E-state index is 0.308. The van der Waals surface area contributed by atoms with Crippen molar-refractivity contribution in [3.05, 3.63) is 22.5 Å². The van der Waals surface area contributed by atoms with Gasteiger partial charge in [0.15, 0.2) is 11.2 Å². The van der Waals surface area contributed by atoms with Crippen LogP contribution in [0.3, 0.4) is 0 Å². The van der Waals surface area contributed by atoms with Gasteiger partial charge in [0.2, 0.25) is 0 Å². The van der Waals surface area contributed by atoms with Gasteiger partial charge in [0.25, 0.3) is 5.56 Å². The number of piperazine rings is 1. The molecule has 1 unspecified atom stereocenters. The van der Waals surface area contributed by atoms with Crippen LogP contribution < -0.4 is 10.9 Å². The van der Waals surface area contributed by atoms with Crippen LogP contribution in [0, 0.1) is 0 Å². The van der Waals surface area contributed by atoms with E-state index in [9.17, 15) is 9.59 Å². The maximum absolute atomic E-state index is 12.4. The van der Waals surface area contributed by atoms with Gasteiger partial charge in [0.05, 0.1) is 6.33 Å². The average Bonchev–Trinajstić information content (AvgIpc) is 2.94. The third-order valence-electron chi connectivity index (χ3n) is 3.50. The van der Waals surface area contributed by atoms with Crippen molar-refractivity contribution in [3.63, 3.8) is 0 Å². The van der Waals surface area contributed by atoms with Crippen LogP contribution in [0.1, 0.15) is 32.6 Å². The van der Waals surface area contributed by atoms with Crippen molar-refractivity contribution in [2.24, 2.45) is 0 Å². The molecule has 2 aromatic heterocycles. The van der Waals surface area contributed by atoms with E-state index in [0.29, 0.717) is 36.6 Å². The topological polar surface area (TPSA) is 116 Å². The zero-order valence-electron chi connectivity index (χ0n) is 13.3. The Morgan fingerprint density at radius 3 is 2.96 bits per heavy atom. The SMILES string of the molecule is CC(C)(C)OC(=O)N1CCNCC1c1nc2nc[nH]c2c(=O)[nH]1. The van der Waals surface area contributed by atoms with Crippen LogP contribution in [0.15, 0.2) is 11.1 Å². The molecule has 1 aliphatic rings. The maximum atomic E-state index is 12.4. The largest absolute Gasteiger partial charge is 0.444 e. The molecule has 0 saturated carbocycles. The lowest BCUT2D eigenvalue weighted by atomic mass is 10.1. The van der Waals surface area contributed by atoms with Crippen LogP contribution in [0.2, 0.25) is 0 Å². The lowest BCUT2D eigenvalue weighted by Crippen LogP contribution is -2.50. The molecule has 23 heavy (non-hydrogen) atoms. The van der Waals surface area contributed by atoms with Crippen LogP contribution in [0.5, 0.6) is 0 Å². The van der Waals surface area contributed by atoms with Crippen molar-refractivity contribution in [1.82, 2.24) is 30.2 Å². The first-order chi connectivity index (χ1) is 10.8. The highest BCUT2D eigenvalue weighted by atomic mass is 16.6. The summed E-state index contributed by atoms with van der Waals surface area (Å²) in [5.41, 5.74) is -0.239. The average molecular weight is 320 g/mol. The first-order valence-electron chi connectivity index (χ1n) is 7.49. The number of nitrogens with zero attached hydrogens (tertiary/aromatic N) is 3. The summed E-state index contributed by atoms with van der Waals surface area (Å²) in [6, 6.07) is -0.410. The quantitative estimate of drug-likeness (QED) is 0.706. The third-order valence-corrected chi connectivity index (χ3v) is 3.50. The van der Waals surface area contributed by atoms with Gasteiger partial charge in [-0.1, -0.05) is 0 Å². The molecule has 2 aromatic rings. The number of H-pyrrole nitrogens is 2. The second-order valence-corrected chi connectivity index (χ2v) is 6.45. The summed E-state index contributed by atoms with van der Waals surface area (Å²) in [6.07, 6.45) is 0.996. The van der Waals surface area contributed by atoms with E-state index in [-0.39, 0.29) is 5.56 Å². The van der Waals surface area contributed by atoms with Gasteiger partial charge in [-0.3, -0.25) is 9.69 Å². The van der Waals surface area contributed by atoms with E-state index < -0.39 is 17.7 Å². The number of carbonyl (C=O) groups excluding carboxylic acids is 1. The van der Waals surface area contributed by atoms with E-state index in [4.69, 9.17) is 4.74 Å². The number of rotatable bonds is 1. The highest BCUT2D eigenvalue weighted by Gasteiger charge is 2.33. The molecule has 3 rings (SSSR count). The Bertz CT molecular complexity index is 775. The van der Waals surface area contributed by atoms with Gasteiger partial charge in [0.1, 0.15) is 17.5 Å². The third kappa shape index (κ3) is 3.19. The van der Waals surface area contributed by atoms with Gasteiger partial charge in [-0.2, -0.15) is 0 Å². The molecule has 0 aromatic carbocycles. The molecular weight excluding hydrogens is 300 g/mol. The van der Waals surface area contributed by atoms with Crippen LogP contribution >= 0.6 is 0 Å². The number of hydrogen-bond donors (Lipinski definition) is 3. The van der Waals surface area contributed by atoms with Crippen molar-refractivity contribution in [1.29, 1.82) is 0 Å². The Morgan fingerprint density at radius 1 is 1.43 bits per heavy atom. The zero-order valence-corrected chi connectivity index (χ0v) is 13.3. The number of fused-ring (bicyclic) bond motifs is 1. The van der Waals surface area contributed by atoms with Crippen LogP contribution in [0.4, 0.5) is 4.79 Å². The van der Waals surface area contributed by atoms with Crippen LogP contribution in [-0.4, -0.2) is 56.2 Å². The molecule has 0 radical (unpaired) electrons. The molecule has 0 aliphatic carbocycles. The molecule has 1 fully saturated rings. The fraction of sp³-hybridized carbons (Fsp3) is 0.571. The van der Waals surface area contributed by atoms with E-state index in [1.54, 1.807) is 4.90 Å². The summed E-state index contributed by atoms with van der Waals surface area (Å²) in [7, 11) is 0. The van der Waals surface area contributed by atoms with Crippen molar-refractivity contribution < 1.29 is 9.53 Å². The Labute approximate surface area is 132 Å². The molecule has 3 heterocycles. The summed E-state index contributed by atoms with van der Waals surface area (Å²) in [6.45, 7) is 7.07. The fourth-order valence-corrected chi connectivity index (χ4v) is 2.51. The molecule has 1 saturated heterocycles. The number of nitrogens with one attached hydrogen (secondary N) is 3. The minimum atomic E-state index is -0.584. The predicted octanol–water partition coefficient (Wildman–Crippen LogP) is 0.528. The number of imidazole rings is 1. The highest BCUT2D eigenvalue weighted by Crippen LogP contribution is 2.22. The fourth-order valence-electron chi connectivity index (χ4n) is 2.51. The van der Waals surface area contributed by atoms with Crippen LogP contribution in [-0.2, 0) is 4.74 Å². The van der Waals surface area contributed by atoms with Crippen molar-refractivity contribution in [2.45, 2.75) is 32.4 Å². The smallest absolute Gasteiger partial charge is 0.411 e. The van der Waals surface area contributed by atoms with Crippen LogP contribution in [0.25, 0.3) is 11.2 Å². The lowest BCUT2D eigenvalue weighted by Gasteiger charge is -2.36. The Morgan fingerprint density at radius 2 is 2.22 bits per heavy atom. The van der Waals surface area contributed by atoms with Gasteiger partial charge in [0, 0.05) is 19.6 Å². The number of amides is 1. The Hall–Kier alpha value is -2.42. The van der Waals surface area contributed by atoms with Crippen molar-refractivity contribution >= 4 is 17.3 Å². The summed E-state index contributed by atoms with van der Waals surface area (Å²) in [5.74, 6) is 0.396. The van der Waals surface area contributed by atoms with Gasteiger partial charge < -0.3 is 20.0 Å². The van der Waals surface area contributed by atoms with E-state index in [2.05, 4.69) is 25.3 Å². The molecule has 1 amide bonds.